The maximum atomic E-state index is 15.3. The number of hydrogen-bond donors (Lipinski definition) is 2. The van der Waals surface area contributed by atoms with E-state index >= 15 is 4.39 Å². The second kappa shape index (κ2) is 15.3. The molecule has 0 radical (unpaired) electrons. The molecule has 6 rings (SSSR count). The molecule has 2 N–H and O–H groups in total. The number of anilines is 1. The normalized spacial score (nSPS) is 10.9. The Morgan fingerprint density at radius 1 is 0.979 bits per heavy atom. The van der Waals surface area contributed by atoms with Crippen molar-refractivity contribution in [2.75, 3.05) is 25.6 Å². The van der Waals surface area contributed by atoms with E-state index in [1.54, 1.807) is 32.4 Å². The number of carbonyl (C=O) groups excluding carboxylic acids is 1. The molecule has 0 bridgehead atoms. The Labute approximate surface area is 284 Å². The van der Waals surface area contributed by atoms with Crippen molar-refractivity contribution >= 4 is 45.6 Å². The number of benzene rings is 2. The Morgan fingerprint density at radius 2 is 1.79 bits per heavy atom. The number of rotatable bonds is 11. The van der Waals surface area contributed by atoms with Gasteiger partial charge in [0.05, 0.1) is 27.4 Å². The molecule has 0 spiro atoms. The maximum absolute atomic E-state index is 15.3. The number of aryl methyl sites for hydroxylation is 1. The van der Waals surface area contributed by atoms with E-state index in [-0.39, 0.29) is 29.4 Å². The highest BCUT2D eigenvalue weighted by Gasteiger charge is 2.19. The lowest BCUT2D eigenvalue weighted by Crippen LogP contribution is -2.29. The van der Waals surface area contributed by atoms with Gasteiger partial charge in [0.15, 0.2) is 11.6 Å². The molecule has 48 heavy (non-hydrogen) atoms. The van der Waals surface area contributed by atoms with E-state index in [1.807, 2.05) is 24.4 Å². The van der Waals surface area contributed by atoms with Crippen LogP contribution in [0.15, 0.2) is 96.2 Å². The summed E-state index contributed by atoms with van der Waals surface area (Å²) in [5.41, 5.74) is 2.77. The summed E-state index contributed by atoms with van der Waals surface area (Å²) in [6.07, 6.45) is 4.92. The molecule has 246 valence electrons. The summed E-state index contributed by atoms with van der Waals surface area (Å²) >= 11 is 1.43. The highest BCUT2D eigenvalue weighted by atomic mass is 35.5. The summed E-state index contributed by atoms with van der Waals surface area (Å²) in [4.78, 5) is 36.3. The van der Waals surface area contributed by atoms with Crippen LogP contribution in [0.2, 0.25) is 0 Å². The van der Waals surface area contributed by atoms with Crippen LogP contribution in [0.1, 0.15) is 21.5 Å². The molecule has 0 unspecified atom stereocenters. The summed E-state index contributed by atoms with van der Waals surface area (Å²) in [6.45, 7) is 3.69. The van der Waals surface area contributed by atoms with Crippen LogP contribution in [0, 0.1) is 18.6 Å². The number of fused-ring (bicyclic) bond motifs is 1. The fourth-order valence-electron chi connectivity index (χ4n) is 4.88. The number of aromatic nitrogens is 3. The Hall–Kier alpha value is -5.01. The minimum Gasteiger partial charge on any atom is -0.453 e. The van der Waals surface area contributed by atoms with Gasteiger partial charge in [0, 0.05) is 62.3 Å². The fourth-order valence-corrected chi connectivity index (χ4v) is 5.93. The Morgan fingerprint density at radius 3 is 2.52 bits per heavy atom. The monoisotopic (exact) mass is 689 g/mol. The van der Waals surface area contributed by atoms with Crippen LogP contribution in [0.4, 0.5) is 14.5 Å². The van der Waals surface area contributed by atoms with Crippen LogP contribution < -0.4 is 20.9 Å². The molecule has 2 aromatic carbocycles. The van der Waals surface area contributed by atoms with E-state index in [0.29, 0.717) is 35.7 Å². The van der Waals surface area contributed by atoms with E-state index in [0.717, 1.165) is 33.4 Å². The number of nitrogens with one attached hydrogen (secondary N) is 2. The van der Waals surface area contributed by atoms with Crippen molar-refractivity contribution in [1.29, 1.82) is 0 Å². The Kier molecular flexibility index (Phi) is 10.9. The minimum absolute atomic E-state index is 0. The zero-order valence-corrected chi connectivity index (χ0v) is 27.5. The van der Waals surface area contributed by atoms with Gasteiger partial charge in [-0.3, -0.25) is 24.1 Å². The fraction of sp³-hybridized carbons (Fsp3) is 0.143. The molecular formula is C35H30ClF2N5O4S. The molecule has 0 atom stereocenters. The average Bonchev–Trinajstić information content (AvgIpc) is 3.51. The number of thiophene rings is 1. The highest BCUT2D eigenvalue weighted by Crippen LogP contribution is 2.39. The zero-order valence-electron chi connectivity index (χ0n) is 25.8. The lowest BCUT2D eigenvalue weighted by Gasteiger charge is -2.12. The standard InChI is InChI=1S/C35H29F2N5O4S.ClH/c1-21-12-15-42(25-7-4-23(36)5-8-25)35(44)32(21)34(43)41-24-6-10-29(26(37)17-24)46-30-11-13-39-28-18-31(47-33(28)30)27-9-3-22(20-40-27)19-38-14-16-45-2;/h3-13,15,17-18,20,38H,14,16,19H2,1-2H3,(H,41,43);1H. The molecule has 4 heterocycles. The van der Waals surface area contributed by atoms with E-state index in [4.69, 9.17) is 9.47 Å². The van der Waals surface area contributed by atoms with Crippen molar-refractivity contribution < 1.29 is 23.0 Å². The van der Waals surface area contributed by atoms with Gasteiger partial charge in [-0.1, -0.05) is 6.07 Å². The molecule has 0 aliphatic rings. The third kappa shape index (κ3) is 7.58. The van der Waals surface area contributed by atoms with Gasteiger partial charge in [-0.05, 0) is 72.6 Å². The number of pyridine rings is 3. The van der Waals surface area contributed by atoms with Crippen LogP contribution in [0.5, 0.6) is 11.5 Å². The number of nitrogens with zero attached hydrogens (tertiary/aromatic N) is 3. The third-order valence-electron chi connectivity index (χ3n) is 7.31. The summed E-state index contributed by atoms with van der Waals surface area (Å²) in [6, 6.07) is 18.5. The molecule has 0 saturated carbocycles. The van der Waals surface area contributed by atoms with Crippen LogP contribution in [-0.2, 0) is 11.3 Å². The number of hydrogen-bond acceptors (Lipinski definition) is 8. The molecule has 0 saturated heterocycles. The van der Waals surface area contributed by atoms with Gasteiger partial charge in [0.1, 0.15) is 17.1 Å². The second-order valence-electron chi connectivity index (χ2n) is 10.6. The van der Waals surface area contributed by atoms with Gasteiger partial charge in [-0.25, -0.2) is 8.78 Å². The summed E-state index contributed by atoms with van der Waals surface area (Å²) < 4.78 is 41.7. The van der Waals surface area contributed by atoms with Crippen LogP contribution in [0.25, 0.3) is 26.5 Å². The lowest BCUT2D eigenvalue weighted by molar-refractivity contribution is 0.102. The van der Waals surface area contributed by atoms with Crippen molar-refractivity contribution in [1.82, 2.24) is 19.9 Å². The highest BCUT2D eigenvalue weighted by molar-refractivity contribution is 7.22. The Balaban J connectivity index is 0.00000451. The zero-order chi connectivity index (χ0) is 32.9. The maximum Gasteiger partial charge on any atom is 0.268 e. The topological polar surface area (TPSA) is 107 Å². The molecule has 0 fully saturated rings. The molecule has 6 aromatic rings. The van der Waals surface area contributed by atoms with Crippen LogP contribution in [0.3, 0.4) is 0 Å². The summed E-state index contributed by atoms with van der Waals surface area (Å²) in [5.74, 6) is -1.50. The van der Waals surface area contributed by atoms with Gasteiger partial charge < -0.3 is 20.1 Å². The van der Waals surface area contributed by atoms with Crippen molar-refractivity contribution in [2.24, 2.45) is 0 Å². The predicted octanol–water partition coefficient (Wildman–Crippen LogP) is 7.30. The number of carbonyl (C=O) groups is 1. The van der Waals surface area contributed by atoms with E-state index in [1.165, 1.54) is 58.5 Å². The minimum atomic E-state index is -0.714. The largest absolute Gasteiger partial charge is 0.453 e. The second-order valence-corrected chi connectivity index (χ2v) is 11.6. The van der Waals surface area contributed by atoms with Gasteiger partial charge in [0.25, 0.3) is 11.5 Å². The first-order chi connectivity index (χ1) is 22.8. The molecule has 0 aliphatic heterocycles. The smallest absolute Gasteiger partial charge is 0.268 e. The van der Waals surface area contributed by atoms with Crippen LogP contribution >= 0.6 is 23.7 Å². The van der Waals surface area contributed by atoms with Crippen molar-refractivity contribution in [3.8, 4) is 27.8 Å². The Bertz CT molecular complexity index is 2120. The quantitative estimate of drug-likeness (QED) is 0.138. The first-order valence-corrected chi connectivity index (χ1v) is 15.4. The van der Waals surface area contributed by atoms with E-state index in [2.05, 4.69) is 20.6 Å². The first-order valence-electron chi connectivity index (χ1n) is 14.6. The van der Waals surface area contributed by atoms with Crippen molar-refractivity contribution in [3.05, 3.63) is 130 Å². The van der Waals surface area contributed by atoms with Gasteiger partial charge in [-0.2, -0.15) is 0 Å². The molecule has 1 amide bonds. The van der Waals surface area contributed by atoms with Crippen LogP contribution in [-0.4, -0.2) is 40.7 Å². The van der Waals surface area contributed by atoms with E-state index in [9.17, 15) is 14.0 Å². The molecule has 0 aliphatic carbocycles. The number of methoxy groups -OCH3 is 1. The third-order valence-corrected chi connectivity index (χ3v) is 8.47. The molecule has 13 heteroatoms. The molecule has 4 aromatic heterocycles. The average molecular weight is 690 g/mol. The summed E-state index contributed by atoms with van der Waals surface area (Å²) in [7, 11) is 1.66. The number of amides is 1. The molecule has 9 nitrogen and oxygen atoms in total. The van der Waals surface area contributed by atoms with Crippen molar-refractivity contribution in [2.45, 2.75) is 13.5 Å². The number of ether oxygens (including phenoxy) is 2. The predicted molar refractivity (Wildman–Crippen MR) is 185 cm³/mol. The van der Waals surface area contributed by atoms with Gasteiger partial charge in [-0.15, -0.1) is 23.7 Å². The summed E-state index contributed by atoms with van der Waals surface area (Å²) in [5, 5.41) is 5.89. The lowest BCUT2D eigenvalue weighted by atomic mass is 10.1. The van der Waals surface area contributed by atoms with Crippen molar-refractivity contribution in [3.63, 3.8) is 0 Å². The SMILES string of the molecule is COCCNCc1ccc(-c2cc3nccc(Oc4ccc(NC(=O)c5c(C)ccn(-c6ccc(F)cc6)c5=O)cc4F)c3s2)nc1.Cl. The number of halogens is 3. The first kappa shape index (κ1) is 34.3. The van der Waals surface area contributed by atoms with Gasteiger partial charge in [0.2, 0.25) is 0 Å². The van der Waals surface area contributed by atoms with E-state index < -0.39 is 23.1 Å². The molecular weight excluding hydrogens is 660 g/mol. The van der Waals surface area contributed by atoms with Gasteiger partial charge >= 0.3 is 0 Å².